The van der Waals surface area contributed by atoms with Gasteiger partial charge in [0.1, 0.15) is 5.82 Å². The fraction of sp³-hybridized carbons (Fsp3) is 0.0909. The van der Waals surface area contributed by atoms with Gasteiger partial charge in [-0.1, -0.05) is 12.1 Å². The smallest absolute Gasteiger partial charge is 0.338 e. The van der Waals surface area contributed by atoms with Crippen LogP contribution in [0.4, 0.5) is 21.5 Å². The molecule has 3 rings (SSSR count). The number of carbonyl (C=O) groups is 2. The summed E-state index contributed by atoms with van der Waals surface area (Å²) in [6.07, 6.45) is 0. The Kier molecular flexibility index (Phi) is 6.01. The number of hydrogen-bond donors (Lipinski definition) is 2. The van der Waals surface area contributed by atoms with Gasteiger partial charge in [0, 0.05) is 17.1 Å². The summed E-state index contributed by atoms with van der Waals surface area (Å²) in [5, 5.41) is 5.86. The highest BCUT2D eigenvalue weighted by atomic mass is 19.1. The zero-order valence-electron chi connectivity index (χ0n) is 15.2. The third-order valence-corrected chi connectivity index (χ3v) is 3.95. The molecule has 0 bridgehead atoms. The summed E-state index contributed by atoms with van der Waals surface area (Å²) >= 11 is 0. The van der Waals surface area contributed by atoms with Crippen LogP contribution in [0.15, 0.2) is 72.8 Å². The number of halogens is 1. The topological polar surface area (TPSA) is 67.4 Å². The molecule has 142 valence electrons. The number of benzene rings is 3. The van der Waals surface area contributed by atoms with Crippen LogP contribution in [-0.4, -0.2) is 18.5 Å². The summed E-state index contributed by atoms with van der Waals surface area (Å²) in [6, 6.07) is 19.8. The first-order valence-corrected chi connectivity index (χ1v) is 8.77. The number of rotatable bonds is 6. The van der Waals surface area contributed by atoms with Crippen LogP contribution < -0.4 is 10.6 Å². The molecule has 0 saturated heterocycles. The fourth-order valence-electron chi connectivity index (χ4n) is 2.55. The van der Waals surface area contributed by atoms with Crippen LogP contribution in [0.5, 0.6) is 0 Å². The van der Waals surface area contributed by atoms with E-state index < -0.39 is 11.7 Å². The molecular weight excluding hydrogens is 359 g/mol. The molecule has 0 fully saturated rings. The Labute approximate surface area is 162 Å². The van der Waals surface area contributed by atoms with E-state index in [-0.39, 0.29) is 11.5 Å². The highest BCUT2D eigenvalue weighted by molar-refractivity contribution is 6.04. The molecule has 0 heterocycles. The molecule has 0 saturated carbocycles. The summed E-state index contributed by atoms with van der Waals surface area (Å²) in [7, 11) is 0. The fourth-order valence-corrected chi connectivity index (χ4v) is 2.55. The van der Waals surface area contributed by atoms with Crippen molar-refractivity contribution in [2.75, 3.05) is 17.2 Å². The van der Waals surface area contributed by atoms with E-state index in [1.54, 1.807) is 61.5 Å². The second-order valence-corrected chi connectivity index (χ2v) is 5.93. The quantitative estimate of drug-likeness (QED) is 0.593. The number of nitrogens with one attached hydrogen (secondary N) is 2. The molecule has 0 aliphatic rings. The zero-order valence-corrected chi connectivity index (χ0v) is 15.2. The van der Waals surface area contributed by atoms with E-state index in [9.17, 15) is 14.0 Å². The van der Waals surface area contributed by atoms with Crippen LogP contribution in [0, 0.1) is 5.82 Å². The first-order valence-electron chi connectivity index (χ1n) is 8.77. The maximum atomic E-state index is 13.7. The summed E-state index contributed by atoms with van der Waals surface area (Å²) in [4.78, 5) is 23.8. The average molecular weight is 378 g/mol. The van der Waals surface area contributed by atoms with Gasteiger partial charge in [-0.15, -0.1) is 0 Å². The minimum Gasteiger partial charge on any atom is -0.462 e. The van der Waals surface area contributed by atoms with Crippen LogP contribution >= 0.6 is 0 Å². The van der Waals surface area contributed by atoms with Crippen molar-refractivity contribution in [1.29, 1.82) is 0 Å². The van der Waals surface area contributed by atoms with Crippen molar-refractivity contribution in [3.63, 3.8) is 0 Å². The van der Waals surface area contributed by atoms with Gasteiger partial charge in [-0.2, -0.15) is 0 Å². The predicted molar refractivity (Wildman–Crippen MR) is 106 cm³/mol. The van der Waals surface area contributed by atoms with Crippen LogP contribution in [0.3, 0.4) is 0 Å². The molecule has 0 atom stereocenters. The molecule has 0 spiro atoms. The summed E-state index contributed by atoms with van der Waals surface area (Å²) < 4.78 is 18.6. The second kappa shape index (κ2) is 8.81. The van der Waals surface area contributed by atoms with Crippen molar-refractivity contribution in [3.8, 4) is 0 Å². The van der Waals surface area contributed by atoms with Gasteiger partial charge < -0.3 is 15.4 Å². The summed E-state index contributed by atoms with van der Waals surface area (Å²) in [5.41, 5.74) is 2.63. The van der Waals surface area contributed by atoms with Gasteiger partial charge in [0.05, 0.1) is 17.7 Å². The first kappa shape index (κ1) is 19.1. The number of esters is 1. The molecule has 0 aliphatic heterocycles. The Balaban J connectivity index is 1.62. The Morgan fingerprint density at radius 2 is 1.43 bits per heavy atom. The highest BCUT2D eigenvalue weighted by Gasteiger charge is 2.11. The van der Waals surface area contributed by atoms with Crippen LogP contribution in [-0.2, 0) is 4.74 Å². The number of anilines is 3. The van der Waals surface area contributed by atoms with Crippen molar-refractivity contribution in [2.45, 2.75) is 6.92 Å². The van der Waals surface area contributed by atoms with Gasteiger partial charge in [0.25, 0.3) is 5.91 Å². The van der Waals surface area contributed by atoms with E-state index in [0.29, 0.717) is 17.9 Å². The van der Waals surface area contributed by atoms with Gasteiger partial charge in [-0.05, 0) is 67.6 Å². The maximum Gasteiger partial charge on any atom is 0.338 e. The second-order valence-electron chi connectivity index (χ2n) is 5.93. The number of ether oxygens (including phenoxy) is 1. The predicted octanol–water partition coefficient (Wildman–Crippen LogP) is 5.00. The van der Waals surface area contributed by atoms with Crippen LogP contribution in [0.2, 0.25) is 0 Å². The normalized spacial score (nSPS) is 10.2. The highest BCUT2D eigenvalue weighted by Crippen LogP contribution is 2.20. The lowest BCUT2D eigenvalue weighted by Gasteiger charge is -2.10. The Bertz CT molecular complexity index is 970. The molecule has 1 amide bonds. The van der Waals surface area contributed by atoms with Gasteiger partial charge >= 0.3 is 5.97 Å². The molecular formula is C22H19FN2O3. The molecule has 0 radical (unpaired) electrons. The summed E-state index contributed by atoms with van der Waals surface area (Å²) in [6.45, 7) is 2.09. The average Bonchev–Trinajstić information content (AvgIpc) is 2.70. The Morgan fingerprint density at radius 1 is 0.857 bits per heavy atom. The zero-order chi connectivity index (χ0) is 19.9. The van der Waals surface area contributed by atoms with E-state index in [0.717, 1.165) is 11.4 Å². The van der Waals surface area contributed by atoms with Crippen molar-refractivity contribution in [2.24, 2.45) is 0 Å². The minimum atomic E-state index is -0.565. The number of amides is 1. The third-order valence-electron chi connectivity index (χ3n) is 3.95. The molecule has 28 heavy (non-hydrogen) atoms. The molecule has 3 aromatic carbocycles. The molecule has 6 heteroatoms. The van der Waals surface area contributed by atoms with E-state index in [1.165, 1.54) is 18.2 Å². The SMILES string of the molecule is CCOC(=O)c1ccc(Nc2ccc(NC(=O)c3ccccc3F)cc2)cc1. The largest absolute Gasteiger partial charge is 0.462 e. The lowest BCUT2D eigenvalue weighted by Crippen LogP contribution is -2.13. The van der Waals surface area contributed by atoms with E-state index in [2.05, 4.69) is 10.6 Å². The number of hydrogen-bond acceptors (Lipinski definition) is 4. The Hall–Kier alpha value is -3.67. The molecule has 3 aromatic rings. The van der Waals surface area contributed by atoms with Crippen molar-refractivity contribution >= 4 is 28.9 Å². The monoisotopic (exact) mass is 378 g/mol. The van der Waals surface area contributed by atoms with Crippen molar-refractivity contribution in [1.82, 2.24) is 0 Å². The molecule has 0 aromatic heterocycles. The van der Waals surface area contributed by atoms with Crippen molar-refractivity contribution < 1.29 is 18.7 Å². The third kappa shape index (κ3) is 4.73. The van der Waals surface area contributed by atoms with Gasteiger partial charge in [0.15, 0.2) is 0 Å². The van der Waals surface area contributed by atoms with Gasteiger partial charge in [0.2, 0.25) is 0 Å². The van der Waals surface area contributed by atoms with Crippen molar-refractivity contribution in [3.05, 3.63) is 89.7 Å². The van der Waals surface area contributed by atoms with E-state index in [1.807, 2.05) is 0 Å². The van der Waals surface area contributed by atoms with E-state index in [4.69, 9.17) is 4.74 Å². The standard InChI is InChI=1S/C22H19FN2O3/c1-2-28-22(27)15-7-9-16(10-8-15)24-17-11-13-18(14-12-17)25-21(26)19-5-3-4-6-20(19)23/h3-14,24H,2H2,1H3,(H,25,26). The molecule has 0 unspecified atom stereocenters. The van der Waals surface area contributed by atoms with Crippen LogP contribution in [0.1, 0.15) is 27.6 Å². The first-order chi connectivity index (χ1) is 13.6. The lowest BCUT2D eigenvalue weighted by molar-refractivity contribution is 0.0526. The Morgan fingerprint density at radius 3 is 2.04 bits per heavy atom. The number of carbonyl (C=O) groups excluding carboxylic acids is 2. The molecule has 2 N–H and O–H groups in total. The molecule has 5 nitrogen and oxygen atoms in total. The van der Waals surface area contributed by atoms with Gasteiger partial charge in [-0.3, -0.25) is 4.79 Å². The summed E-state index contributed by atoms with van der Waals surface area (Å²) in [5.74, 6) is -1.43. The molecule has 0 aliphatic carbocycles. The lowest BCUT2D eigenvalue weighted by atomic mass is 10.2. The van der Waals surface area contributed by atoms with E-state index >= 15 is 0 Å². The maximum absolute atomic E-state index is 13.7. The van der Waals surface area contributed by atoms with Crippen LogP contribution in [0.25, 0.3) is 0 Å². The minimum absolute atomic E-state index is 0.00797. The van der Waals surface area contributed by atoms with Gasteiger partial charge in [-0.25, -0.2) is 9.18 Å².